The number of hydrogen-bond acceptors (Lipinski definition) is 4. The Kier molecular flexibility index (Phi) is 6.08. The lowest BCUT2D eigenvalue weighted by molar-refractivity contribution is 0.0935. The molecule has 0 saturated heterocycles. The molecule has 0 bridgehead atoms. The maximum atomic E-state index is 12.5. The Labute approximate surface area is 152 Å². The van der Waals surface area contributed by atoms with Crippen LogP contribution in [0.2, 0.25) is 5.02 Å². The predicted octanol–water partition coefficient (Wildman–Crippen LogP) is 3.63. The van der Waals surface area contributed by atoms with Gasteiger partial charge in [0, 0.05) is 11.8 Å². The normalized spacial score (nSPS) is 12.5. The summed E-state index contributed by atoms with van der Waals surface area (Å²) in [6, 6.07) is 11.5. The van der Waals surface area contributed by atoms with E-state index in [1.165, 1.54) is 18.2 Å². The van der Waals surface area contributed by atoms with Crippen molar-refractivity contribution in [1.82, 2.24) is 5.32 Å². The van der Waals surface area contributed by atoms with Crippen molar-refractivity contribution in [3.05, 3.63) is 58.6 Å². The first-order chi connectivity index (χ1) is 11.8. The zero-order valence-electron chi connectivity index (χ0n) is 14.2. The summed E-state index contributed by atoms with van der Waals surface area (Å²) >= 11 is 5.92. The van der Waals surface area contributed by atoms with Crippen molar-refractivity contribution >= 4 is 27.3 Å². The lowest BCUT2D eigenvalue weighted by atomic mass is 10.0. The molecule has 2 aromatic carbocycles. The molecule has 7 heteroatoms. The number of amides is 1. The van der Waals surface area contributed by atoms with Crippen LogP contribution in [-0.2, 0) is 9.84 Å². The van der Waals surface area contributed by atoms with E-state index in [-0.39, 0.29) is 27.4 Å². The van der Waals surface area contributed by atoms with Crippen LogP contribution >= 0.6 is 11.6 Å². The van der Waals surface area contributed by atoms with E-state index >= 15 is 0 Å². The van der Waals surface area contributed by atoms with E-state index < -0.39 is 9.84 Å². The van der Waals surface area contributed by atoms with Crippen LogP contribution in [0, 0.1) is 0 Å². The second kappa shape index (κ2) is 7.89. The number of sulfone groups is 1. The number of ether oxygens (including phenoxy) is 1. The molecule has 0 aliphatic heterocycles. The molecule has 1 amide bonds. The van der Waals surface area contributed by atoms with Crippen molar-refractivity contribution in [2.24, 2.45) is 0 Å². The summed E-state index contributed by atoms with van der Waals surface area (Å²) < 4.78 is 28.7. The summed E-state index contributed by atoms with van der Waals surface area (Å²) in [6.07, 6.45) is 1.74. The average Bonchev–Trinajstić information content (AvgIpc) is 2.59. The van der Waals surface area contributed by atoms with Gasteiger partial charge in [0.25, 0.3) is 5.91 Å². The van der Waals surface area contributed by atoms with Gasteiger partial charge in [-0.15, -0.1) is 0 Å². The number of benzene rings is 2. The molecule has 0 aliphatic carbocycles. The fourth-order valence-electron chi connectivity index (χ4n) is 2.43. The van der Waals surface area contributed by atoms with Gasteiger partial charge in [0.1, 0.15) is 5.75 Å². The van der Waals surface area contributed by atoms with Crippen LogP contribution in [0.3, 0.4) is 0 Å². The number of carbonyl (C=O) groups is 1. The standard InChI is InChI=1S/C18H20ClNO4S/c1-4-16(12-5-8-14(24-2)9-6-12)20-18(21)13-7-10-15(19)17(11-13)25(3,22)23/h5-11,16H,4H2,1-3H3,(H,20,21)/t16-/m1/s1. The van der Waals surface area contributed by atoms with E-state index in [9.17, 15) is 13.2 Å². The molecule has 0 spiro atoms. The third kappa shape index (κ3) is 4.74. The molecule has 134 valence electrons. The smallest absolute Gasteiger partial charge is 0.251 e. The Morgan fingerprint density at radius 1 is 1.20 bits per heavy atom. The summed E-state index contributed by atoms with van der Waals surface area (Å²) in [5.74, 6) is 0.379. The summed E-state index contributed by atoms with van der Waals surface area (Å²) in [5.41, 5.74) is 1.19. The lowest BCUT2D eigenvalue weighted by Gasteiger charge is -2.18. The summed E-state index contributed by atoms with van der Waals surface area (Å²) in [7, 11) is -1.92. The van der Waals surface area contributed by atoms with E-state index in [1.54, 1.807) is 7.11 Å². The van der Waals surface area contributed by atoms with Crippen molar-refractivity contribution in [3.8, 4) is 5.75 Å². The van der Waals surface area contributed by atoms with E-state index in [2.05, 4.69) is 5.32 Å². The molecule has 2 rings (SSSR count). The summed E-state index contributed by atoms with van der Waals surface area (Å²) in [5, 5.41) is 3.02. The highest BCUT2D eigenvalue weighted by atomic mass is 35.5. The molecule has 0 saturated carbocycles. The Morgan fingerprint density at radius 2 is 1.84 bits per heavy atom. The number of hydrogen-bond donors (Lipinski definition) is 1. The number of halogens is 1. The predicted molar refractivity (Wildman–Crippen MR) is 98.1 cm³/mol. The first-order valence-corrected chi connectivity index (χ1v) is 9.97. The van der Waals surface area contributed by atoms with Crippen LogP contribution < -0.4 is 10.1 Å². The van der Waals surface area contributed by atoms with Gasteiger partial charge in [0.05, 0.1) is 23.1 Å². The van der Waals surface area contributed by atoms with Crippen LogP contribution in [0.25, 0.3) is 0 Å². The van der Waals surface area contributed by atoms with Gasteiger partial charge in [-0.3, -0.25) is 4.79 Å². The molecule has 25 heavy (non-hydrogen) atoms. The quantitative estimate of drug-likeness (QED) is 0.829. The van der Waals surface area contributed by atoms with Gasteiger partial charge in [-0.2, -0.15) is 0 Å². The highest BCUT2D eigenvalue weighted by Gasteiger charge is 2.18. The molecule has 0 aliphatic rings. The van der Waals surface area contributed by atoms with Gasteiger partial charge in [0.2, 0.25) is 0 Å². The fraction of sp³-hybridized carbons (Fsp3) is 0.278. The minimum absolute atomic E-state index is 0.0562. The number of carbonyl (C=O) groups excluding carboxylic acids is 1. The van der Waals surface area contributed by atoms with Crippen LogP contribution in [0.1, 0.15) is 35.3 Å². The Balaban J connectivity index is 2.25. The Morgan fingerprint density at radius 3 is 2.36 bits per heavy atom. The van der Waals surface area contributed by atoms with Gasteiger partial charge in [-0.1, -0.05) is 30.7 Å². The third-order valence-electron chi connectivity index (χ3n) is 3.82. The van der Waals surface area contributed by atoms with Crippen molar-refractivity contribution in [1.29, 1.82) is 0 Å². The molecule has 0 heterocycles. The maximum absolute atomic E-state index is 12.5. The third-order valence-corrected chi connectivity index (χ3v) is 5.40. The molecule has 0 aromatic heterocycles. The van der Waals surface area contributed by atoms with E-state index in [1.807, 2.05) is 31.2 Å². The molecule has 1 atom stereocenters. The monoisotopic (exact) mass is 381 g/mol. The molecular formula is C18H20ClNO4S. The Hall–Kier alpha value is -2.05. The van der Waals surface area contributed by atoms with Gasteiger partial charge < -0.3 is 10.1 Å². The van der Waals surface area contributed by atoms with Crippen molar-refractivity contribution in [2.45, 2.75) is 24.3 Å². The van der Waals surface area contributed by atoms with Crippen molar-refractivity contribution in [2.75, 3.05) is 13.4 Å². The van der Waals surface area contributed by atoms with Gasteiger partial charge in [0.15, 0.2) is 9.84 Å². The second-order valence-corrected chi connectivity index (χ2v) is 8.02. The van der Waals surface area contributed by atoms with E-state index in [0.29, 0.717) is 6.42 Å². The van der Waals surface area contributed by atoms with E-state index in [0.717, 1.165) is 17.6 Å². The Bertz CT molecular complexity index is 863. The minimum Gasteiger partial charge on any atom is -0.497 e. The number of nitrogens with one attached hydrogen (secondary N) is 1. The number of rotatable bonds is 6. The second-order valence-electron chi connectivity index (χ2n) is 5.62. The highest BCUT2D eigenvalue weighted by molar-refractivity contribution is 7.90. The van der Waals surface area contributed by atoms with Gasteiger partial charge in [-0.05, 0) is 42.3 Å². The average molecular weight is 382 g/mol. The molecule has 1 N–H and O–H groups in total. The zero-order valence-corrected chi connectivity index (χ0v) is 15.8. The number of methoxy groups -OCH3 is 1. The van der Waals surface area contributed by atoms with Gasteiger partial charge in [-0.25, -0.2) is 8.42 Å². The molecule has 0 unspecified atom stereocenters. The zero-order chi connectivity index (χ0) is 18.6. The first kappa shape index (κ1) is 19.3. The van der Waals surface area contributed by atoms with Crippen LogP contribution in [0.15, 0.2) is 47.4 Å². The van der Waals surface area contributed by atoms with Crippen LogP contribution in [0.5, 0.6) is 5.75 Å². The topological polar surface area (TPSA) is 72.5 Å². The lowest BCUT2D eigenvalue weighted by Crippen LogP contribution is -2.28. The van der Waals surface area contributed by atoms with Crippen molar-refractivity contribution < 1.29 is 17.9 Å². The minimum atomic E-state index is -3.51. The van der Waals surface area contributed by atoms with Crippen LogP contribution in [0.4, 0.5) is 0 Å². The van der Waals surface area contributed by atoms with E-state index in [4.69, 9.17) is 16.3 Å². The molecule has 0 fully saturated rings. The van der Waals surface area contributed by atoms with Crippen LogP contribution in [-0.4, -0.2) is 27.7 Å². The highest BCUT2D eigenvalue weighted by Crippen LogP contribution is 2.24. The van der Waals surface area contributed by atoms with Crippen molar-refractivity contribution in [3.63, 3.8) is 0 Å². The van der Waals surface area contributed by atoms with Gasteiger partial charge >= 0.3 is 0 Å². The summed E-state index contributed by atoms with van der Waals surface area (Å²) in [4.78, 5) is 12.5. The largest absolute Gasteiger partial charge is 0.497 e. The molecule has 2 aromatic rings. The summed E-state index contributed by atoms with van der Waals surface area (Å²) in [6.45, 7) is 1.96. The molecule has 5 nitrogen and oxygen atoms in total. The molecule has 0 radical (unpaired) electrons. The molecular weight excluding hydrogens is 362 g/mol. The fourth-order valence-corrected chi connectivity index (χ4v) is 3.73. The first-order valence-electron chi connectivity index (χ1n) is 7.70. The SMILES string of the molecule is CC[C@@H](NC(=O)c1ccc(Cl)c(S(C)(=O)=O)c1)c1ccc(OC)cc1. The maximum Gasteiger partial charge on any atom is 0.251 e.